The summed E-state index contributed by atoms with van der Waals surface area (Å²) in [4.78, 5) is 19.8. The average Bonchev–Trinajstić information content (AvgIpc) is 3.32. The maximum Gasteiger partial charge on any atom is 0.241 e. The van der Waals surface area contributed by atoms with Crippen molar-refractivity contribution in [1.82, 2.24) is 19.8 Å². The fourth-order valence-electron chi connectivity index (χ4n) is 4.23. The lowest BCUT2D eigenvalue weighted by Gasteiger charge is -2.31. The highest BCUT2D eigenvalue weighted by Crippen LogP contribution is 2.29. The predicted octanol–water partition coefficient (Wildman–Crippen LogP) is 3.94. The van der Waals surface area contributed by atoms with Crippen molar-refractivity contribution in [2.75, 3.05) is 25.5 Å². The van der Waals surface area contributed by atoms with E-state index in [2.05, 4.69) is 25.1 Å². The van der Waals surface area contributed by atoms with E-state index < -0.39 is 10.0 Å². The second kappa shape index (κ2) is 11.6. The van der Waals surface area contributed by atoms with E-state index in [-0.39, 0.29) is 22.8 Å². The highest BCUT2D eigenvalue weighted by atomic mass is 35.5. The highest BCUT2D eigenvalue weighted by Gasteiger charge is 2.28. The molecule has 1 amide bonds. The van der Waals surface area contributed by atoms with E-state index >= 15 is 0 Å². The van der Waals surface area contributed by atoms with Crippen molar-refractivity contribution in [3.8, 4) is 17.1 Å². The Bertz CT molecular complexity index is 1360. The van der Waals surface area contributed by atoms with Gasteiger partial charge in [-0.15, -0.1) is 0 Å². The van der Waals surface area contributed by atoms with E-state index in [0.717, 1.165) is 18.5 Å². The van der Waals surface area contributed by atoms with Gasteiger partial charge in [0.05, 0.1) is 30.2 Å². The summed E-state index contributed by atoms with van der Waals surface area (Å²) in [7, 11) is -2.26. The number of sulfonamides is 1. The molecule has 10 nitrogen and oxygen atoms in total. The number of rotatable bonds is 9. The number of nitrogens with zero attached hydrogens (tertiary/aromatic N) is 3. The minimum atomic E-state index is -3.73. The first-order valence-corrected chi connectivity index (χ1v) is 13.8. The molecule has 2 aromatic carbocycles. The van der Waals surface area contributed by atoms with Gasteiger partial charge in [0.1, 0.15) is 5.75 Å². The summed E-state index contributed by atoms with van der Waals surface area (Å²) in [6.45, 7) is 5.18. The zero-order valence-corrected chi connectivity index (χ0v) is 22.5. The minimum Gasteiger partial charge on any atom is -0.495 e. The van der Waals surface area contributed by atoms with Crippen LogP contribution in [0.1, 0.15) is 32.6 Å². The number of carbonyl (C=O) groups is 1. The van der Waals surface area contributed by atoms with E-state index in [1.807, 2.05) is 12.1 Å². The summed E-state index contributed by atoms with van der Waals surface area (Å²) in [5.74, 6) is 0.775. The molecule has 12 heteroatoms. The van der Waals surface area contributed by atoms with Gasteiger partial charge in [0.25, 0.3) is 0 Å². The standard InChI is InChI=1S/C25H30ClN5O5S/c1-16(2)30-37(33,34)20-9-10-22(35-3)21(13-20)27-25(32)18-7-5-11-31(14-18)15-23-28-24(29-36-23)17-6-4-8-19(26)12-17/h4,6,8-10,12-13,16,18,30H,5,7,11,14-15H2,1-3H3,(H,27,32). The van der Waals surface area contributed by atoms with Crippen molar-refractivity contribution < 1.29 is 22.5 Å². The van der Waals surface area contributed by atoms with Crippen LogP contribution in [0.2, 0.25) is 5.02 Å². The van der Waals surface area contributed by atoms with Crippen molar-refractivity contribution in [3.63, 3.8) is 0 Å². The van der Waals surface area contributed by atoms with E-state index in [1.165, 1.54) is 25.3 Å². The van der Waals surface area contributed by atoms with Crippen LogP contribution in [-0.4, -0.2) is 55.6 Å². The maximum atomic E-state index is 13.2. The van der Waals surface area contributed by atoms with Gasteiger partial charge in [-0.2, -0.15) is 4.98 Å². The molecule has 1 saturated heterocycles. The van der Waals surface area contributed by atoms with Gasteiger partial charge in [-0.05, 0) is 63.6 Å². The number of ether oxygens (including phenoxy) is 1. The van der Waals surface area contributed by atoms with Crippen LogP contribution in [0.25, 0.3) is 11.4 Å². The van der Waals surface area contributed by atoms with E-state index in [0.29, 0.717) is 47.7 Å². The number of methoxy groups -OCH3 is 1. The third-order valence-electron chi connectivity index (χ3n) is 5.92. The molecule has 3 aromatic rings. The molecule has 1 fully saturated rings. The second-order valence-electron chi connectivity index (χ2n) is 9.22. The van der Waals surface area contributed by atoms with E-state index in [4.69, 9.17) is 20.9 Å². The first-order valence-electron chi connectivity index (χ1n) is 12.0. The van der Waals surface area contributed by atoms with Crippen molar-refractivity contribution >= 4 is 33.2 Å². The third-order valence-corrected chi connectivity index (χ3v) is 7.81. The summed E-state index contributed by atoms with van der Waals surface area (Å²) in [6.07, 6.45) is 1.52. The molecule has 0 spiro atoms. The van der Waals surface area contributed by atoms with E-state index in [1.54, 1.807) is 26.0 Å². The molecular weight excluding hydrogens is 518 g/mol. The lowest BCUT2D eigenvalue weighted by Crippen LogP contribution is -2.40. The average molecular weight is 548 g/mol. The smallest absolute Gasteiger partial charge is 0.241 e. The molecule has 1 aliphatic rings. The number of aromatic nitrogens is 2. The Hall–Kier alpha value is -2.99. The topological polar surface area (TPSA) is 127 Å². The number of hydrogen-bond donors (Lipinski definition) is 2. The molecule has 0 radical (unpaired) electrons. The molecule has 1 unspecified atom stereocenters. The van der Waals surface area contributed by atoms with Crippen molar-refractivity contribution in [2.24, 2.45) is 5.92 Å². The Balaban J connectivity index is 1.42. The molecule has 1 aromatic heterocycles. The largest absolute Gasteiger partial charge is 0.495 e. The fourth-order valence-corrected chi connectivity index (χ4v) is 5.70. The van der Waals surface area contributed by atoms with Crippen molar-refractivity contribution in [2.45, 2.75) is 44.2 Å². The lowest BCUT2D eigenvalue weighted by molar-refractivity contribution is -0.121. The van der Waals surface area contributed by atoms with Crippen LogP contribution in [0.3, 0.4) is 0 Å². The number of carbonyl (C=O) groups excluding carboxylic acids is 1. The molecule has 1 aliphatic heterocycles. The van der Waals surface area contributed by atoms with Crippen LogP contribution in [0.5, 0.6) is 5.75 Å². The van der Waals surface area contributed by atoms with Gasteiger partial charge in [-0.1, -0.05) is 28.9 Å². The number of amides is 1. The third kappa shape index (κ3) is 6.86. The molecule has 198 valence electrons. The maximum absolute atomic E-state index is 13.2. The fraction of sp³-hybridized carbons (Fsp3) is 0.400. The number of halogens is 1. The molecule has 2 heterocycles. The molecule has 2 N–H and O–H groups in total. The summed E-state index contributed by atoms with van der Waals surface area (Å²) in [5.41, 5.74) is 1.07. The molecule has 0 saturated carbocycles. The Kier molecular flexibility index (Phi) is 8.48. The second-order valence-corrected chi connectivity index (χ2v) is 11.4. The van der Waals surface area contributed by atoms with Gasteiger partial charge < -0.3 is 14.6 Å². The van der Waals surface area contributed by atoms with Gasteiger partial charge in [0, 0.05) is 23.2 Å². The normalized spacial score (nSPS) is 16.6. The number of nitrogens with one attached hydrogen (secondary N) is 2. The van der Waals surface area contributed by atoms with Gasteiger partial charge in [-0.3, -0.25) is 9.69 Å². The van der Waals surface area contributed by atoms with E-state index in [9.17, 15) is 13.2 Å². The Labute approximate surface area is 221 Å². The molecule has 37 heavy (non-hydrogen) atoms. The zero-order valence-electron chi connectivity index (χ0n) is 20.9. The molecule has 0 aliphatic carbocycles. The van der Waals surface area contributed by atoms with Crippen LogP contribution in [-0.2, 0) is 21.4 Å². The summed E-state index contributed by atoms with van der Waals surface area (Å²) < 4.78 is 38.5. The van der Waals surface area contributed by atoms with Crippen LogP contribution in [0, 0.1) is 5.92 Å². The molecule has 4 rings (SSSR count). The molecule has 0 bridgehead atoms. The monoisotopic (exact) mass is 547 g/mol. The quantitative estimate of drug-likeness (QED) is 0.412. The summed E-state index contributed by atoms with van der Waals surface area (Å²) in [5, 5.41) is 7.50. The van der Waals surface area contributed by atoms with Crippen LogP contribution < -0.4 is 14.8 Å². The van der Waals surface area contributed by atoms with Gasteiger partial charge in [0.2, 0.25) is 27.6 Å². The number of anilines is 1. The predicted molar refractivity (Wildman–Crippen MR) is 140 cm³/mol. The first-order chi connectivity index (χ1) is 17.6. The number of benzene rings is 2. The van der Waals surface area contributed by atoms with Gasteiger partial charge in [0.15, 0.2) is 0 Å². The van der Waals surface area contributed by atoms with Crippen LogP contribution in [0.15, 0.2) is 51.9 Å². The van der Waals surface area contributed by atoms with Crippen molar-refractivity contribution in [1.29, 1.82) is 0 Å². The zero-order chi connectivity index (χ0) is 26.6. The summed E-state index contributed by atoms with van der Waals surface area (Å²) in [6, 6.07) is 11.4. The SMILES string of the molecule is COc1ccc(S(=O)(=O)NC(C)C)cc1NC(=O)C1CCCN(Cc2nc(-c3cccc(Cl)c3)no2)C1. The molecule has 1 atom stereocenters. The van der Waals surface area contributed by atoms with Gasteiger partial charge in [-0.25, -0.2) is 13.1 Å². The minimum absolute atomic E-state index is 0.0504. The Morgan fingerprint density at radius 3 is 2.81 bits per heavy atom. The van der Waals surface area contributed by atoms with Crippen LogP contribution in [0.4, 0.5) is 5.69 Å². The molecular formula is C25H30ClN5O5S. The highest BCUT2D eigenvalue weighted by molar-refractivity contribution is 7.89. The lowest BCUT2D eigenvalue weighted by atomic mass is 9.97. The Morgan fingerprint density at radius 1 is 1.27 bits per heavy atom. The Morgan fingerprint density at radius 2 is 2.08 bits per heavy atom. The number of hydrogen-bond acceptors (Lipinski definition) is 8. The summed E-state index contributed by atoms with van der Waals surface area (Å²) >= 11 is 6.06. The van der Waals surface area contributed by atoms with Gasteiger partial charge >= 0.3 is 0 Å². The number of likely N-dealkylation sites (tertiary alicyclic amines) is 1. The number of piperidine rings is 1. The van der Waals surface area contributed by atoms with Crippen molar-refractivity contribution in [3.05, 3.63) is 53.4 Å². The van der Waals surface area contributed by atoms with Crippen LogP contribution >= 0.6 is 11.6 Å². The first kappa shape index (κ1) is 27.1.